The minimum Gasteiger partial charge on any atom is -0.508 e. The molecule has 1 aromatic rings. The summed E-state index contributed by atoms with van der Waals surface area (Å²) in [5.74, 6) is -2.27. The second-order valence-corrected chi connectivity index (χ2v) is 3.75. The molecule has 14 heavy (non-hydrogen) atoms. The Morgan fingerprint density at radius 3 is 2.21 bits per heavy atom. The van der Waals surface area contributed by atoms with Gasteiger partial charge in [-0.05, 0) is 0 Å². The highest BCUT2D eigenvalue weighted by molar-refractivity contribution is 7.86. The van der Waals surface area contributed by atoms with Gasteiger partial charge in [0.15, 0.2) is 5.75 Å². The number of hydrogen-bond donors (Lipinski definition) is 4. The van der Waals surface area contributed by atoms with Gasteiger partial charge in [0.2, 0.25) is 5.75 Å². The van der Waals surface area contributed by atoms with Crippen molar-refractivity contribution < 1.29 is 33.3 Å². The Morgan fingerprint density at radius 2 is 1.79 bits per heavy atom. The van der Waals surface area contributed by atoms with Gasteiger partial charge < -0.3 is 15.1 Å². The quantitative estimate of drug-likeness (QED) is 0.244. The van der Waals surface area contributed by atoms with Crippen molar-refractivity contribution in [2.75, 3.05) is 0 Å². The molecule has 1 aromatic carbocycles. The van der Waals surface area contributed by atoms with E-state index in [0.717, 1.165) is 6.07 Å². The minimum absolute atomic E-state index is 0.598. The van der Waals surface area contributed by atoms with Crippen molar-refractivity contribution in [3.8, 4) is 17.2 Å². The molecule has 0 radical (unpaired) electrons. The van der Waals surface area contributed by atoms with Gasteiger partial charge in [-0.25, -0.2) is 5.26 Å². The summed E-state index contributed by atoms with van der Waals surface area (Å²) in [5, 5.41) is 26.2. The van der Waals surface area contributed by atoms with Crippen molar-refractivity contribution in [2.24, 2.45) is 0 Å². The molecule has 0 aliphatic rings. The molecule has 0 atom stereocenters. The van der Waals surface area contributed by atoms with E-state index in [0.29, 0.717) is 6.07 Å². The van der Waals surface area contributed by atoms with Crippen LogP contribution in [0.1, 0.15) is 0 Å². The van der Waals surface area contributed by atoms with E-state index in [9.17, 15) is 8.42 Å². The molecule has 8 heteroatoms. The fourth-order valence-electron chi connectivity index (χ4n) is 0.835. The van der Waals surface area contributed by atoms with E-state index in [1.165, 1.54) is 0 Å². The van der Waals surface area contributed by atoms with Crippen LogP contribution in [0, 0.1) is 0 Å². The molecule has 1 rings (SSSR count). The second kappa shape index (κ2) is 3.33. The Bertz CT molecular complexity index is 449. The van der Waals surface area contributed by atoms with E-state index < -0.39 is 32.3 Å². The van der Waals surface area contributed by atoms with Crippen LogP contribution in [-0.2, 0) is 10.1 Å². The first-order valence-electron chi connectivity index (χ1n) is 3.21. The zero-order valence-electron chi connectivity index (χ0n) is 6.58. The molecule has 0 aromatic heterocycles. The topological polar surface area (TPSA) is 124 Å². The van der Waals surface area contributed by atoms with Crippen LogP contribution in [0.25, 0.3) is 0 Å². The highest BCUT2D eigenvalue weighted by atomic mass is 32.2. The molecule has 0 saturated carbocycles. The SMILES string of the molecule is O=S(=O)(O)c1cc(O)cc(OO)c1O. The van der Waals surface area contributed by atoms with Gasteiger partial charge in [-0.15, -0.1) is 0 Å². The zero-order chi connectivity index (χ0) is 10.9. The maximum atomic E-state index is 10.6. The maximum Gasteiger partial charge on any atom is 0.298 e. The van der Waals surface area contributed by atoms with E-state index >= 15 is 0 Å². The van der Waals surface area contributed by atoms with E-state index in [4.69, 9.17) is 20.0 Å². The van der Waals surface area contributed by atoms with Crippen LogP contribution in [0.3, 0.4) is 0 Å². The van der Waals surface area contributed by atoms with Crippen molar-refractivity contribution in [1.29, 1.82) is 0 Å². The number of benzene rings is 1. The van der Waals surface area contributed by atoms with Crippen molar-refractivity contribution in [3.63, 3.8) is 0 Å². The summed E-state index contributed by atoms with van der Waals surface area (Å²) in [5.41, 5.74) is 0. The summed E-state index contributed by atoms with van der Waals surface area (Å²) in [6, 6.07) is 1.37. The Balaban J connectivity index is 3.53. The van der Waals surface area contributed by atoms with Gasteiger partial charge in [0.05, 0.1) is 0 Å². The number of phenols is 2. The summed E-state index contributed by atoms with van der Waals surface area (Å²) < 4.78 is 29.8. The van der Waals surface area contributed by atoms with Gasteiger partial charge in [-0.2, -0.15) is 8.42 Å². The average molecular weight is 222 g/mol. The Hall–Kier alpha value is -1.51. The summed E-state index contributed by atoms with van der Waals surface area (Å²) in [4.78, 5) is 2.62. The highest BCUT2D eigenvalue weighted by Crippen LogP contribution is 2.36. The smallest absolute Gasteiger partial charge is 0.298 e. The lowest BCUT2D eigenvalue weighted by Gasteiger charge is -2.05. The van der Waals surface area contributed by atoms with Crippen LogP contribution >= 0.6 is 0 Å². The molecule has 0 heterocycles. The van der Waals surface area contributed by atoms with Crippen LogP contribution in [0.2, 0.25) is 0 Å². The molecular formula is C6H6O7S. The molecule has 0 spiro atoms. The van der Waals surface area contributed by atoms with Crippen LogP contribution in [0.5, 0.6) is 17.2 Å². The van der Waals surface area contributed by atoms with Gasteiger partial charge in [-0.3, -0.25) is 4.55 Å². The predicted octanol–water partition coefficient (Wildman–Crippen LogP) is 0.196. The lowest BCUT2D eigenvalue weighted by molar-refractivity contribution is -0.139. The van der Waals surface area contributed by atoms with Gasteiger partial charge in [0.1, 0.15) is 10.6 Å². The monoisotopic (exact) mass is 222 g/mol. The minimum atomic E-state index is -4.69. The van der Waals surface area contributed by atoms with Gasteiger partial charge in [-0.1, -0.05) is 0 Å². The second-order valence-electron chi connectivity index (χ2n) is 2.36. The highest BCUT2D eigenvalue weighted by Gasteiger charge is 2.21. The summed E-state index contributed by atoms with van der Waals surface area (Å²) in [6.45, 7) is 0. The van der Waals surface area contributed by atoms with E-state index in [1.807, 2.05) is 0 Å². The Morgan fingerprint density at radius 1 is 1.21 bits per heavy atom. The first kappa shape index (κ1) is 10.6. The average Bonchev–Trinajstić information content (AvgIpc) is 2.06. The van der Waals surface area contributed by atoms with E-state index in [1.54, 1.807) is 0 Å². The Kier molecular flexibility index (Phi) is 2.51. The molecule has 0 unspecified atom stereocenters. The molecule has 4 N–H and O–H groups in total. The lowest BCUT2D eigenvalue weighted by Crippen LogP contribution is -1.99. The number of phenolic OH excluding ortho intramolecular Hbond substituents is 2. The fraction of sp³-hybridized carbons (Fsp3) is 0. The van der Waals surface area contributed by atoms with Crippen LogP contribution < -0.4 is 4.89 Å². The molecule has 0 aliphatic carbocycles. The standard InChI is InChI=1S/C6H6O7S/c7-3-1-4(13-9)6(8)5(2-3)14(10,11)12/h1-2,7-9H,(H,10,11,12). The third kappa shape index (κ3) is 1.87. The number of aromatic hydroxyl groups is 2. The van der Waals surface area contributed by atoms with E-state index in [-0.39, 0.29) is 0 Å². The molecule has 0 fully saturated rings. The number of hydrogen-bond acceptors (Lipinski definition) is 6. The summed E-state index contributed by atoms with van der Waals surface area (Å²) >= 11 is 0. The van der Waals surface area contributed by atoms with Gasteiger partial charge in [0, 0.05) is 12.1 Å². The lowest BCUT2D eigenvalue weighted by atomic mass is 10.3. The predicted molar refractivity (Wildman–Crippen MR) is 42.8 cm³/mol. The molecule has 0 saturated heterocycles. The summed E-state index contributed by atoms with van der Waals surface area (Å²) in [6.07, 6.45) is 0. The zero-order valence-corrected chi connectivity index (χ0v) is 7.39. The molecule has 0 bridgehead atoms. The van der Waals surface area contributed by atoms with Crippen molar-refractivity contribution in [1.82, 2.24) is 0 Å². The van der Waals surface area contributed by atoms with Crippen molar-refractivity contribution in [2.45, 2.75) is 4.90 Å². The molecule has 7 nitrogen and oxygen atoms in total. The molecular weight excluding hydrogens is 216 g/mol. The van der Waals surface area contributed by atoms with Crippen LogP contribution in [0.4, 0.5) is 0 Å². The molecule has 78 valence electrons. The summed E-state index contributed by atoms with van der Waals surface area (Å²) in [7, 11) is -4.69. The normalized spacial score (nSPS) is 11.3. The van der Waals surface area contributed by atoms with Gasteiger partial charge in [0.25, 0.3) is 10.1 Å². The number of rotatable bonds is 2. The molecule has 0 aliphatic heterocycles. The van der Waals surface area contributed by atoms with Crippen molar-refractivity contribution in [3.05, 3.63) is 12.1 Å². The first-order valence-corrected chi connectivity index (χ1v) is 4.65. The third-order valence-corrected chi connectivity index (χ3v) is 2.27. The van der Waals surface area contributed by atoms with E-state index in [2.05, 4.69) is 4.89 Å². The van der Waals surface area contributed by atoms with Crippen LogP contribution in [-0.4, -0.2) is 28.4 Å². The first-order chi connectivity index (χ1) is 6.36. The Labute approximate surface area is 78.5 Å². The van der Waals surface area contributed by atoms with Crippen LogP contribution in [0.15, 0.2) is 17.0 Å². The largest absolute Gasteiger partial charge is 0.508 e. The van der Waals surface area contributed by atoms with Crippen molar-refractivity contribution >= 4 is 10.1 Å². The maximum absolute atomic E-state index is 10.6. The van der Waals surface area contributed by atoms with Gasteiger partial charge >= 0.3 is 0 Å². The molecule has 0 amide bonds. The third-order valence-electron chi connectivity index (χ3n) is 1.40. The fourth-order valence-corrected chi connectivity index (χ4v) is 1.45.